The van der Waals surface area contributed by atoms with E-state index in [2.05, 4.69) is 10.4 Å². The first-order chi connectivity index (χ1) is 8.19. The average molecular weight is 251 g/mol. The third-order valence-corrected chi connectivity index (χ3v) is 3.38. The van der Waals surface area contributed by atoms with Gasteiger partial charge in [0.15, 0.2) is 0 Å². The van der Waals surface area contributed by atoms with Gasteiger partial charge >= 0.3 is 0 Å². The molecule has 0 bridgehead atoms. The van der Waals surface area contributed by atoms with E-state index < -0.39 is 0 Å². The molecule has 0 spiro atoms. The van der Waals surface area contributed by atoms with Gasteiger partial charge in [0.1, 0.15) is 5.82 Å². The zero-order valence-electron chi connectivity index (χ0n) is 9.48. The van der Waals surface area contributed by atoms with Crippen molar-refractivity contribution in [3.05, 3.63) is 51.7 Å². The van der Waals surface area contributed by atoms with Gasteiger partial charge in [0.2, 0.25) is 0 Å². The van der Waals surface area contributed by atoms with E-state index in [0.717, 1.165) is 16.3 Å². The van der Waals surface area contributed by atoms with Gasteiger partial charge in [-0.25, -0.2) is 9.37 Å². The zero-order valence-corrected chi connectivity index (χ0v) is 10.3. The summed E-state index contributed by atoms with van der Waals surface area (Å²) in [7, 11) is 0. The normalized spacial score (nSPS) is 12.6. The third-order valence-electron chi connectivity index (χ3n) is 2.55. The number of thiazole rings is 1. The van der Waals surface area contributed by atoms with E-state index in [9.17, 15) is 4.39 Å². The van der Waals surface area contributed by atoms with Gasteiger partial charge in [0, 0.05) is 11.8 Å². The first kappa shape index (κ1) is 12.2. The molecular formula is C12H14FN3S. The SMILES string of the molecule is Cc1nc(CC(NN)c2ccc(F)cc2)cs1. The molecule has 2 aromatic rings. The maximum Gasteiger partial charge on any atom is 0.123 e. The van der Waals surface area contributed by atoms with E-state index in [-0.39, 0.29) is 11.9 Å². The minimum atomic E-state index is -0.242. The lowest BCUT2D eigenvalue weighted by atomic mass is 10.0. The zero-order chi connectivity index (χ0) is 12.3. The van der Waals surface area contributed by atoms with Crippen molar-refractivity contribution in [3.8, 4) is 0 Å². The second-order valence-electron chi connectivity index (χ2n) is 3.83. The van der Waals surface area contributed by atoms with E-state index >= 15 is 0 Å². The number of hydrogen-bond acceptors (Lipinski definition) is 4. The van der Waals surface area contributed by atoms with Gasteiger partial charge in [-0.3, -0.25) is 11.3 Å². The highest BCUT2D eigenvalue weighted by Gasteiger charge is 2.12. The first-order valence-electron chi connectivity index (χ1n) is 5.31. The Morgan fingerprint density at radius 1 is 1.41 bits per heavy atom. The largest absolute Gasteiger partial charge is 0.271 e. The summed E-state index contributed by atoms with van der Waals surface area (Å²) in [6, 6.07) is 6.30. The van der Waals surface area contributed by atoms with E-state index in [0.29, 0.717) is 6.42 Å². The Kier molecular flexibility index (Phi) is 3.83. The summed E-state index contributed by atoms with van der Waals surface area (Å²) in [5.41, 5.74) is 4.70. The minimum Gasteiger partial charge on any atom is -0.271 e. The van der Waals surface area contributed by atoms with E-state index in [1.54, 1.807) is 23.5 Å². The number of rotatable bonds is 4. The number of hydrazine groups is 1. The monoisotopic (exact) mass is 251 g/mol. The van der Waals surface area contributed by atoms with E-state index in [4.69, 9.17) is 5.84 Å². The molecule has 1 aromatic carbocycles. The second kappa shape index (κ2) is 5.35. The fourth-order valence-electron chi connectivity index (χ4n) is 1.68. The molecule has 0 saturated heterocycles. The van der Waals surface area contributed by atoms with Crippen LogP contribution in [0.4, 0.5) is 4.39 Å². The predicted octanol–water partition coefficient (Wildman–Crippen LogP) is 2.34. The molecule has 5 heteroatoms. The molecular weight excluding hydrogens is 237 g/mol. The highest BCUT2D eigenvalue weighted by molar-refractivity contribution is 7.09. The molecule has 1 heterocycles. The van der Waals surface area contributed by atoms with Crippen LogP contribution in [-0.2, 0) is 6.42 Å². The highest BCUT2D eigenvalue weighted by Crippen LogP contribution is 2.19. The number of nitrogens with two attached hydrogens (primary N) is 1. The Balaban J connectivity index is 2.13. The molecule has 0 amide bonds. The molecule has 3 N–H and O–H groups in total. The van der Waals surface area contributed by atoms with E-state index in [1.807, 2.05) is 12.3 Å². The van der Waals surface area contributed by atoms with Gasteiger partial charge in [-0.2, -0.15) is 0 Å². The van der Waals surface area contributed by atoms with Gasteiger partial charge in [0.25, 0.3) is 0 Å². The van der Waals surface area contributed by atoms with Gasteiger partial charge in [0.05, 0.1) is 16.7 Å². The van der Waals surface area contributed by atoms with Crippen LogP contribution in [0.3, 0.4) is 0 Å². The molecule has 0 saturated carbocycles. The number of hydrogen-bond donors (Lipinski definition) is 2. The van der Waals surface area contributed by atoms with Crippen molar-refractivity contribution in [2.45, 2.75) is 19.4 Å². The van der Waals surface area contributed by atoms with Crippen LogP contribution in [0.15, 0.2) is 29.6 Å². The smallest absolute Gasteiger partial charge is 0.123 e. The second-order valence-corrected chi connectivity index (χ2v) is 4.90. The minimum absolute atomic E-state index is 0.0444. The Bertz CT molecular complexity index is 481. The molecule has 90 valence electrons. The number of aromatic nitrogens is 1. The summed E-state index contributed by atoms with van der Waals surface area (Å²) < 4.78 is 12.8. The van der Waals surface area contributed by atoms with Gasteiger partial charge in [-0.1, -0.05) is 12.1 Å². The quantitative estimate of drug-likeness (QED) is 0.648. The Morgan fingerprint density at radius 2 is 2.12 bits per heavy atom. The molecule has 17 heavy (non-hydrogen) atoms. The van der Waals surface area contributed by atoms with Crippen molar-refractivity contribution < 1.29 is 4.39 Å². The van der Waals surface area contributed by atoms with Gasteiger partial charge < -0.3 is 0 Å². The standard InChI is InChI=1S/C12H14FN3S/c1-8-15-11(7-17-8)6-12(16-14)9-2-4-10(13)5-3-9/h2-5,7,12,16H,6,14H2,1H3. The number of halogens is 1. The lowest BCUT2D eigenvalue weighted by molar-refractivity contribution is 0.544. The van der Waals surface area contributed by atoms with Crippen LogP contribution in [0.1, 0.15) is 22.3 Å². The molecule has 0 aliphatic carbocycles. The van der Waals surface area contributed by atoms with Crippen molar-refractivity contribution >= 4 is 11.3 Å². The number of nitrogens with zero attached hydrogens (tertiary/aromatic N) is 1. The maximum atomic E-state index is 12.8. The molecule has 1 aromatic heterocycles. The van der Waals surface area contributed by atoms with Crippen molar-refractivity contribution in [2.75, 3.05) is 0 Å². The summed E-state index contributed by atoms with van der Waals surface area (Å²) in [6.07, 6.45) is 0.701. The predicted molar refractivity (Wildman–Crippen MR) is 67.0 cm³/mol. The molecule has 0 aliphatic heterocycles. The third kappa shape index (κ3) is 3.09. The van der Waals surface area contributed by atoms with Crippen molar-refractivity contribution in [1.29, 1.82) is 0 Å². The number of benzene rings is 1. The molecule has 0 fully saturated rings. The van der Waals surface area contributed by atoms with Crippen LogP contribution in [0.5, 0.6) is 0 Å². The van der Waals surface area contributed by atoms with Crippen LogP contribution >= 0.6 is 11.3 Å². The topological polar surface area (TPSA) is 50.9 Å². The molecule has 0 aliphatic rings. The van der Waals surface area contributed by atoms with Gasteiger partial charge in [-0.05, 0) is 24.6 Å². The highest BCUT2D eigenvalue weighted by atomic mass is 32.1. The molecule has 0 radical (unpaired) electrons. The summed E-state index contributed by atoms with van der Waals surface area (Å²) in [4.78, 5) is 4.39. The Hall–Kier alpha value is -1.30. The summed E-state index contributed by atoms with van der Waals surface area (Å²) in [5, 5.41) is 3.05. The first-order valence-corrected chi connectivity index (χ1v) is 6.19. The lowest BCUT2D eigenvalue weighted by Crippen LogP contribution is -2.29. The number of aryl methyl sites for hydroxylation is 1. The van der Waals surface area contributed by atoms with Gasteiger partial charge in [-0.15, -0.1) is 11.3 Å². The Labute approximate surface area is 103 Å². The fraction of sp³-hybridized carbons (Fsp3) is 0.250. The molecule has 3 nitrogen and oxygen atoms in total. The van der Waals surface area contributed by atoms with Crippen LogP contribution < -0.4 is 11.3 Å². The van der Waals surface area contributed by atoms with Crippen LogP contribution in [0.2, 0.25) is 0 Å². The summed E-state index contributed by atoms with van der Waals surface area (Å²) in [6.45, 7) is 1.97. The van der Waals surface area contributed by atoms with Crippen molar-refractivity contribution in [2.24, 2.45) is 5.84 Å². The van der Waals surface area contributed by atoms with Crippen LogP contribution in [0, 0.1) is 12.7 Å². The summed E-state index contributed by atoms with van der Waals surface area (Å²) >= 11 is 1.61. The molecule has 1 atom stereocenters. The summed E-state index contributed by atoms with van der Waals surface area (Å²) in [5.74, 6) is 5.29. The maximum absolute atomic E-state index is 12.8. The van der Waals surface area contributed by atoms with Crippen molar-refractivity contribution in [3.63, 3.8) is 0 Å². The molecule has 1 unspecified atom stereocenters. The fourth-order valence-corrected chi connectivity index (χ4v) is 2.30. The van der Waals surface area contributed by atoms with Crippen LogP contribution in [-0.4, -0.2) is 4.98 Å². The van der Waals surface area contributed by atoms with Crippen molar-refractivity contribution in [1.82, 2.24) is 10.4 Å². The Morgan fingerprint density at radius 3 is 2.65 bits per heavy atom. The average Bonchev–Trinajstić information content (AvgIpc) is 2.73. The van der Waals surface area contributed by atoms with E-state index in [1.165, 1.54) is 12.1 Å². The van der Waals surface area contributed by atoms with Crippen LogP contribution in [0.25, 0.3) is 0 Å². The lowest BCUT2D eigenvalue weighted by Gasteiger charge is -2.14. The number of nitrogens with one attached hydrogen (secondary N) is 1. The molecule has 2 rings (SSSR count).